The Balaban J connectivity index is 1.88. The van der Waals surface area contributed by atoms with Crippen LogP contribution in [0.1, 0.15) is 42.0 Å². The van der Waals surface area contributed by atoms with Crippen LogP contribution < -0.4 is 0 Å². The maximum atomic E-state index is 11.6. The third-order valence-corrected chi connectivity index (χ3v) is 4.67. The van der Waals surface area contributed by atoms with Crippen LogP contribution in [0.3, 0.4) is 0 Å². The lowest BCUT2D eigenvalue weighted by Gasteiger charge is -2.37. The second-order valence-corrected chi connectivity index (χ2v) is 6.60. The highest BCUT2D eigenvalue weighted by Crippen LogP contribution is 2.42. The Bertz CT molecular complexity index is 826. The summed E-state index contributed by atoms with van der Waals surface area (Å²) in [6, 6.07) is 11.3. The average molecular weight is 336 g/mol. The largest absolute Gasteiger partial charge is 0.481 e. The van der Waals surface area contributed by atoms with Crippen LogP contribution in [-0.2, 0) is 4.79 Å². The van der Waals surface area contributed by atoms with Crippen molar-refractivity contribution in [1.29, 1.82) is 0 Å². The number of aliphatic carboxylic acids is 1. The van der Waals surface area contributed by atoms with E-state index in [4.69, 9.17) is 0 Å². The number of rotatable bonds is 2. The normalized spacial score (nSPS) is 25.7. The fraction of sp³-hybridized carbons (Fsp3) is 0.350. The number of carboxylic acid groups (broad SMARTS) is 1. The van der Waals surface area contributed by atoms with Crippen molar-refractivity contribution < 1.29 is 15.0 Å². The van der Waals surface area contributed by atoms with E-state index < -0.39 is 17.5 Å². The maximum Gasteiger partial charge on any atom is 0.307 e. The quantitative estimate of drug-likeness (QED) is 0.824. The van der Waals surface area contributed by atoms with Crippen molar-refractivity contribution in [1.82, 2.24) is 10.2 Å². The number of hydrogen-bond donors (Lipinski definition) is 2. The maximum absolute atomic E-state index is 11.6. The van der Waals surface area contributed by atoms with Crippen molar-refractivity contribution in [3.05, 3.63) is 59.4 Å². The Morgan fingerprint density at radius 2 is 2.08 bits per heavy atom. The lowest BCUT2D eigenvalue weighted by atomic mass is 9.69. The lowest BCUT2D eigenvalue weighted by Crippen LogP contribution is -2.39. The molecule has 1 fully saturated rings. The summed E-state index contributed by atoms with van der Waals surface area (Å²) in [5, 5.41) is 28.3. The fourth-order valence-electron chi connectivity index (χ4n) is 3.37. The number of carboxylic acids is 1. The van der Waals surface area contributed by atoms with Crippen LogP contribution in [-0.4, -0.2) is 32.0 Å². The first-order chi connectivity index (χ1) is 12.0. The Morgan fingerprint density at radius 1 is 1.32 bits per heavy atom. The second kappa shape index (κ2) is 7.04. The number of aliphatic hydroxyl groups is 1. The van der Waals surface area contributed by atoms with E-state index in [-0.39, 0.29) is 5.92 Å². The molecule has 5 heteroatoms. The molecule has 5 nitrogen and oxygen atoms in total. The minimum absolute atomic E-state index is 0.268. The zero-order valence-electron chi connectivity index (χ0n) is 14.0. The predicted octanol–water partition coefficient (Wildman–Crippen LogP) is 2.54. The summed E-state index contributed by atoms with van der Waals surface area (Å²) in [6.07, 6.45) is 2.66. The molecule has 3 rings (SSSR count). The Labute approximate surface area is 146 Å². The van der Waals surface area contributed by atoms with E-state index in [1.807, 2.05) is 37.3 Å². The summed E-state index contributed by atoms with van der Waals surface area (Å²) >= 11 is 0. The minimum atomic E-state index is -1.22. The molecule has 0 saturated heterocycles. The predicted molar refractivity (Wildman–Crippen MR) is 92.8 cm³/mol. The first-order valence-corrected chi connectivity index (χ1v) is 8.29. The van der Waals surface area contributed by atoms with Gasteiger partial charge < -0.3 is 10.2 Å². The number of benzene rings is 1. The number of hydrogen-bond acceptors (Lipinski definition) is 4. The second-order valence-electron chi connectivity index (χ2n) is 6.60. The van der Waals surface area contributed by atoms with E-state index in [0.717, 1.165) is 11.1 Å². The van der Waals surface area contributed by atoms with E-state index >= 15 is 0 Å². The lowest BCUT2D eigenvalue weighted by molar-refractivity contribution is -0.145. The molecule has 0 radical (unpaired) electrons. The molecule has 0 aliphatic heterocycles. The molecule has 1 aromatic heterocycles. The third kappa shape index (κ3) is 4.04. The van der Waals surface area contributed by atoms with Crippen LogP contribution in [0, 0.1) is 24.7 Å². The molecule has 0 spiro atoms. The summed E-state index contributed by atoms with van der Waals surface area (Å²) in [7, 11) is 0. The van der Waals surface area contributed by atoms with E-state index in [2.05, 4.69) is 22.0 Å². The smallest absolute Gasteiger partial charge is 0.307 e. The van der Waals surface area contributed by atoms with Gasteiger partial charge in [-0.15, -0.1) is 5.10 Å². The van der Waals surface area contributed by atoms with E-state index in [1.54, 1.807) is 12.3 Å². The summed E-state index contributed by atoms with van der Waals surface area (Å²) in [5.74, 6) is 4.20. The highest BCUT2D eigenvalue weighted by molar-refractivity contribution is 5.71. The van der Waals surface area contributed by atoms with Crippen LogP contribution in [0.25, 0.3) is 0 Å². The number of aryl methyl sites for hydroxylation is 1. The molecule has 2 aromatic rings. The topological polar surface area (TPSA) is 83.3 Å². The molecule has 0 bridgehead atoms. The summed E-state index contributed by atoms with van der Waals surface area (Å²) in [6.45, 7) is 1.90. The Kier molecular flexibility index (Phi) is 4.82. The molecule has 1 heterocycles. The van der Waals surface area contributed by atoms with E-state index in [0.29, 0.717) is 25.0 Å². The van der Waals surface area contributed by atoms with Gasteiger partial charge in [0.25, 0.3) is 0 Å². The van der Waals surface area contributed by atoms with Crippen LogP contribution in [0.4, 0.5) is 0 Å². The van der Waals surface area contributed by atoms with Gasteiger partial charge in [0.1, 0.15) is 11.3 Å². The van der Waals surface area contributed by atoms with Crippen LogP contribution in [0.5, 0.6) is 0 Å². The van der Waals surface area contributed by atoms with Gasteiger partial charge in [-0.2, -0.15) is 5.10 Å². The number of aromatic nitrogens is 2. The standard InChI is InChI=1S/C20H20N2O3/c1-14-11-16(22-21-13-14)7-9-20(25)10-8-17(19(23)24)18(12-20)15-5-3-2-4-6-15/h2-6,11,13,17-18,25H,8,10,12H2,1H3,(H,23,24)/t17-,18+,20?/m1/s1. The zero-order valence-corrected chi connectivity index (χ0v) is 14.0. The number of nitrogens with zero attached hydrogens (tertiary/aromatic N) is 2. The van der Waals surface area contributed by atoms with Gasteiger partial charge in [-0.05, 0) is 49.3 Å². The van der Waals surface area contributed by atoms with Gasteiger partial charge in [0.2, 0.25) is 0 Å². The van der Waals surface area contributed by atoms with Crippen molar-refractivity contribution in [2.24, 2.45) is 5.92 Å². The van der Waals surface area contributed by atoms with Gasteiger partial charge in [-0.1, -0.05) is 36.3 Å². The van der Waals surface area contributed by atoms with Crippen LogP contribution in [0.15, 0.2) is 42.6 Å². The van der Waals surface area contributed by atoms with Gasteiger partial charge in [-0.3, -0.25) is 4.79 Å². The number of carbonyl (C=O) groups is 1. The average Bonchev–Trinajstić information content (AvgIpc) is 2.61. The molecule has 1 saturated carbocycles. The summed E-state index contributed by atoms with van der Waals surface area (Å²) in [5.41, 5.74) is 1.15. The molecule has 1 aromatic carbocycles. The van der Waals surface area contributed by atoms with Crippen LogP contribution >= 0.6 is 0 Å². The van der Waals surface area contributed by atoms with E-state index in [1.165, 1.54) is 0 Å². The molecule has 0 amide bonds. The van der Waals surface area contributed by atoms with Crippen molar-refractivity contribution in [3.8, 4) is 11.8 Å². The molecule has 1 unspecified atom stereocenters. The zero-order chi connectivity index (χ0) is 17.9. The molecule has 25 heavy (non-hydrogen) atoms. The first kappa shape index (κ1) is 17.1. The SMILES string of the molecule is Cc1cnnc(C#CC2(O)CC[C@@H](C(=O)O)[C@H](c3ccccc3)C2)c1. The highest BCUT2D eigenvalue weighted by Gasteiger charge is 2.42. The molecular formula is C20H20N2O3. The molecular weight excluding hydrogens is 316 g/mol. The summed E-state index contributed by atoms with van der Waals surface area (Å²) < 4.78 is 0. The van der Waals surface area contributed by atoms with Crippen molar-refractivity contribution >= 4 is 5.97 Å². The Morgan fingerprint density at radius 3 is 2.76 bits per heavy atom. The molecule has 1 aliphatic rings. The van der Waals surface area contributed by atoms with Crippen molar-refractivity contribution in [2.75, 3.05) is 0 Å². The first-order valence-electron chi connectivity index (χ1n) is 8.29. The van der Waals surface area contributed by atoms with E-state index in [9.17, 15) is 15.0 Å². The highest BCUT2D eigenvalue weighted by atomic mass is 16.4. The van der Waals surface area contributed by atoms with Crippen molar-refractivity contribution in [3.63, 3.8) is 0 Å². The van der Waals surface area contributed by atoms with Crippen molar-refractivity contribution in [2.45, 2.75) is 37.7 Å². The Hall–Kier alpha value is -2.71. The summed E-state index contributed by atoms with van der Waals surface area (Å²) in [4.78, 5) is 11.6. The molecule has 3 atom stereocenters. The van der Waals surface area contributed by atoms with Gasteiger partial charge in [-0.25, -0.2) is 0 Å². The van der Waals surface area contributed by atoms with Gasteiger partial charge >= 0.3 is 5.97 Å². The van der Waals surface area contributed by atoms with Gasteiger partial charge in [0.15, 0.2) is 0 Å². The monoisotopic (exact) mass is 336 g/mol. The van der Waals surface area contributed by atoms with Gasteiger partial charge in [0, 0.05) is 5.92 Å². The fourth-order valence-corrected chi connectivity index (χ4v) is 3.37. The molecule has 128 valence electrons. The molecule has 1 aliphatic carbocycles. The van der Waals surface area contributed by atoms with Gasteiger partial charge in [0.05, 0.1) is 12.1 Å². The minimum Gasteiger partial charge on any atom is -0.481 e. The third-order valence-electron chi connectivity index (χ3n) is 4.67. The van der Waals surface area contributed by atoms with Crippen LogP contribution in [0.2, 0.25) is 0 Å². The molecule has 2 N–H and O–H groups in total.